The summed E-state index contributed by atoms with van der Waals surface area (Å²) in [6.07, 6.45) is 1.80. The van der Waals surface area contributed by atoms with Gasteiger partial charge in [0.25, 0.3) is 0 Å². The van der Waals surface area contributed by atoms with Crippen LogP contribution in [0.2, 0.25) is 0 Å². The zero-order chi connectivity index (χ0) is 19.6. The predicted molar refractivity (Wildman–Crippen MR) is 114 cm³/mol. The first-order valence-corrected chi connectivity index (χ1v) is 9.81. The van der Waals surface area contributed by atoms with Crippen LogP contribution in [0.15, 0.2) is 79.0 Å². The smallest absolute Gasteiger partial charge is 0.170 e. The summed E-state index contributed by atoms with van der Waals surface area (Å²) in [4.78, 5) is 4.43. The van der Waals surface area contributed by atoms with E-state index in [0.717, 1.165) is 28.5 Å². The number of fused-ring (bicyclic) bond motifs is 5. The highest BCUT2D eigenvalue weighted by molar-refractivity contribution is 5.83. The van der Waals surface area contributed by atoms with Gasteiger partial charge in [-0.3, -0.25) is 4.98 Å². The number of aromatic nitrogens is 1. The Bertz CT molecular complexity index is 1280. The van der Waals surface area contributed by atoms with Gasteiger partial charge in [-0.15, -0.1) is 0 Å². The molecule has 2 heterocycles. The van der Waals surface area contributed by atoms with Gasteiger partial charge in [0.2, 0.25) is 0 Å². The van der Waals surface area contributed by atoms with Gasteiger partial charge in [-0.25, -0.2) is 0 Å². The molecule has 6 rings (SSSR count). The van der Waals surface area contributed by atoms with Gasteiger partial charge in [-0.1, -0.05) is 44.2 Å². The second-order valence-electron chi connectivity index (χ2n) is 8.10. The summed E-state index contributed by atoms with van der Waals surface area (Å²) >= 11 is 0. The van der Waals surface area contributed by atoms with Crippen LogP contribution in [0.3, 0.4) is 0 Å². The Morgan fingerprint density at radius 1 is 0.655 bits per heavy atom. The molecule has 3 nitrogen and oxygen atoms in total. The molecule has 29 heavy (non-hydrogen) atoms. The summed E-state index contributed by atoms with van der Waals surface area (Å²) in [5.41, 5.74) is 6.96. The van der Waals surface area contributed by atoms with E-state index < -0.39 is 0 Å². The van der Waals surface area contributed by atoms with Crippen LogP contribution >= 0.6 is 0 Å². The molecule has 3 aromatic carbocycles. The van der Waals surface area contributed by atoms with Gasteiger partial charge in [0.15, 0.2) is 23.0 Å². The van der Waals surface area contributed by atoms with Crippen LogP contribution in [-0.2, 0) is 5.41 Å². The maximum absolute atomic E-state index is 6.30. The Morgan fingerprint density at radius 2 is 1.41 bits per heavy atom. The zero-order valence-corrected chi connectivity index (χ0v) is 16.3. The Labute approximate surface area is 169 Å². The van der Waals surface area contributed by atoms with Gasteiger partial charge in [0.05, 0.1) is 5.69 Å². The SMILES string of the molecule is CC1(C)c2ccccc2-c2cc3c(cc21)Oc1ccc(-c2ccccn2)cc1O3. The molecule has 4 aromatic rings. The van der Waals surface area contributed by atoms with E-state index in [-0.39, 0.29) is 5.41 Å². The topological polar surface area (TPSA) is 31.4 Å². The number of benzene rings is 3. The van der Waals surface area contributed by atoms with Crippen LogP contribution in [0, 0.1) is 0 Å². The Balaban J connectivity index is 1.46. The molecule has 0 saturated carbocycles. The normalized spacial score (nSPS) is 14.7. The van der Waals surface area contributed by atoms with Crippen molar-refractivity contribution < 1.29 is 9.47 Å². The maximum atomic E-state index is 6.30. The van der Waals surface area contributed by atoms with Gasteiger partial charge in [-0.2, -0.15) is 0 Å². The molecule has 1 aliphatic heterocycles. The monoisotopic (exact) mass is 377 g/mol. The summed E-state index contributed by atoms with van der Waals surface area (Å²) in [6, 6.07) is 24.7. The Hall–Kier alpha value is -3.59. The minimum Gasteiger partial charge on any atom is -0.450 e. The first-order chi connectivity index (χ1) is 14.1. The molecule has 0 bridgehead atoms. The number of pyridine rings is 1. The Morgan fingerprint density at radius 3 is 2.28 bits per heavy atom. The molecular weight excluding hydrogens is 358 g/mol. The molecule has 0 unspecified atom stereocenters. The van der Waals surface area contributed by atoms with Crippen LogP contribution in [0.5, 0.6) is 23.0 Å². The standard InChI is InChI=1S/C26H19NO2/c1-26(2)19-8-4-3-7-17(19)18-14-24-25(15-20(18)26)28-22-11-10-16(13-23(22)29-24)21-9-5-6-12-27-21/h3-15H,1-2H3. The lowest BCUT2D eigenvalue weighted by Gasteiger charge is -2.25. The third kappa shape index (κ3) is 2.34. The average Bonchev–Trinajstić information content (AvgIpc) is 2.98. The lowest BCUT2D eigenvalue weighted by Crippen LogP contribution is -2.15. The number of ether oxygens (including phenoxy) is 2. The zero-order valence-electron chi connectivity index (χ0n) is 16.3. The minimum atomic E-state index is -0.0621. The van der Waals surface area contributed by atoms with Crippen molar-refractivity contribution >= 4 is 0 Å². The van der Waals surface area contributed by atoms with Gasteiger partial charge >= 0.3 is 0 Å². The van der Waals surface area contributed by atoms with Crippen molar-refractivity contribution in [3.63, 3.8) is 0 Å². The minimum absolute atomic E-state index is 0.0621. The lowest BCUT2D eigenvalue weighted by molar-refractivity contribution is 0.359. The van der Waals surface area contributed by atoms with Crippen molar-refractivity contribution in [2.24, 2.45) is 0 Å². The van der Waals surface area contributed by atoms with Crippen molar-refractivity contribution in [2.45, 2.75) is 19.3 Å². The average molecular weight is 377 g/mol. The molecule has 0 amide bonds. The summed E-state index contributed by atoms with van der Waals surface area (Å²) < 4.78 is 12.5. The molecular formula is C26H19NO2. The van der Waals surface area contributed by atoms with Crippen molar-refractivity contribution in [2.75, 3.05) is 0 Å². The van der Waals surface area contributed by atoms with Crippen LogP contribution in [0.1, 0.15) is 25.0 Å². The maximum Gasteiger partial charge on any atom is 0.170 e. The fraction of sp³-hybridized carbons (Fsp3) is 0.115. The number of nitrogens with zero attached hydrogens (tertiary/aromatic N) is 1. The van der Waals surface area contributed by atoms with E-state index in [2.05, 4.69) is 55.2 Å². The second-order valence-corrected chi connectivity index (χ2v) is 8.10. The fourth-order valence-electron chi connectivity index (χ4n) is 4.47. The van der Waals surface area contributed by atoms with Crippen molar-refractivity contribution in [1.29, 1.82) is 0 Å². The van der Waals surface area contributed by atoms with E-state index in [0.29, 0.717) is 5.75 Å². The number of rotatable bonds is 1. The van der Waals surface area contributed by atoms with Gasteiger partial charge in [-0.05, 0) is 64.7 Å². The largest absolute Gasteiger partial charge is 0.450 e. The molecule has 3 heteroatoms. The van der Waals surface area contributed by atoms with Gasteiger partial charge in [0, 0.05) is 17.2 Å². The summed E-state index contributed by atoms with van der Waals surface area (Å²) in [5, 5.41) is 0. The fourth-order valence-corrected chi connectivity index (χ4v) is 4.47. The van der Waals surface area contributed by atoms with Crippen LogP contribution < -0.4 is 9.47 Å². The van der Waals surface area contributed by atoms with Crippen LogP contribution in [-0.4, -0.2) is 4.98 Å². The number of hydrogen-bond acceptors (Lipinski definition) is 3. The van der Waals surface area contributed by atoms with Crippen molar-refractivity contribution in [3.8, 4) is 45.4 Å². The van der Waals surface area contributed by atoms with Crippen LogP contribution in [0.25, 0.3) is 22.4 Å². The van der Waals surface area contributed by atoms with Crippen LogP contribution in [0.4, 0.5) is 0 Å². The number of hydrogen-bond donors (Lipinski definition) is 0. The van der Waals surface area contributed by atoms with Crippen molar-refractivity contribution in [3.05, 3.63) is 90.1 Å². The first kappa shape index (κ1) is 16.4. The molecule has 0 saturated heterocycles. The lowest BCUT2D eigenvalue weighted by atomic mass is 9.82. The predicted octanol–water partition coefficient (Wildman–Crippen LogP) is 6.95. The molecule has 1 aliphatic carbocycles. The molecule has 0 N–H and O–H groups in total. The highest BCUT2D eigenvalue weighted by Gasteiger charge is 2.37. The van der Waals surface area contributed by atoms with Gasteiger partial charge < -0.3 is 9.47 Å². The van der Waals surface area contributed by atoms with E-state index in [1.54, 1.807) is 6.20 Å². The molecule has 2 aliphatic rings. The Kier molecular flexibility index (Phi) is 3.22. The van der Waals surface area contributed by atoms with Crippen molar-refractivity contribution in [1.82, 2.24) is 4.98 Å². The van der Waals surface area contributed by atoms with E-state index in [1.807, 2.05) is 36.4 Å². The third-order valence-electron chi connectivity index (χ3n) is 5.99. The molecule has 0 fully saturated rings. The molecule has 1 aromatic heterocycles. The van der Waals surface area contributed by atoms with E-state index in [4.69, 9.17) is 9.47 Å². The van der Waals surface area contributed by atoms with E-state index in [1.165, 1.54) is 22.3 Å². The third-order valence-corrected chi connectivity index (χ3v) is 5.99. The first-order valence-electron chi connectivity index (χ1n) is 9.81. The highest BCUT2D eigenvalue weighted by Crippen LogP contribution is 2.55. The molecule has 140 valence electrons. The summed E-state index contributed by atoms with van der Waals surface area (Å²) in [6.45, 7) is 4.53. The second kappa shape index (κ2) is 5.71. The van der Waals surface area contributed by atoms with E-state index >= 15 is 0 Å². The summed E-state index contributed by atoms with van der Waals surface area (Å²) in [5.74, 6) is 2.96. The highest BCUT2D eigenvalue weighted by atomic mass is 16.6. The quantitative estimate of drug-likeness (QED) is 0.317. The molecule has 0 atom stereocenters. The van der Waals surface area contributed by atoms with Gasteiger partial charge in [0.1, 0.15) is 0 Å². The molecule has 0 radical (unpaired) electrons. The van der Waals surface area contributed by atoms with E-state index in [9.17, 15) is 0 Å². The summed E-state index contributed by atoms with van der Waals surface area (Å²) in [7, 11) is 0. The molecule has 0 spiro atoms.